The number of piperidine rings is 1. The Kier molecular flexibility index (Phi) is 9.19. The second kappa shape index (κ2) is 12.5. The standard InChI is InChI=1S/C30H42N2O5/c1-6-21(3)31-12-8-9-22(18-31)20-37-28-17-24(23-10-11-26(34-4)27(16-23)35-5)15-25-19-32(29(33)7-2)13-14-36-30(25)28/h10-11,15-17,21-22H,6-9,12-14,18-20H2,1-5H3/t21?,22-/m0/s1. The molecule has 2 atom stereocenters. The number of carbonyl (C=O) groups is 1. The van der Waals surface area contributed by atoms with Crippen LogP contribution < -0.4 is 18.9 Å². The van der Waals surface area contributed by atoms with Crippen LogP contribution in [0.4, 0.5) is 0 Å². The van der Waals surface area contributed by atoms with Crippen molar-refractivity contribution in [3.63, 3.8) is 0 Å². The largest absolute Gasteiger partial charge is 0.493 e. The highest BCUT2D eigenvalue weighted by Crippen LogP contribution is 2.41. The summed E-state index contributed by atoms with van der Waals surface area (Å²) in [6, 6.07) is 10.7. The number of amides is 1. The van der Waals surface area contributed by atoms with Gasteiger partial charge in [0.15, 0.2) is 23.0 Å². The van der Waals surface area contributed by atoms with Gasteiger partial charge in [-0.3, -0.25) is 4.79 Å². The molecule has 0 N–H and O–H groups in total. The van der Waals surface area contributed by atoms with Gasteiger partial charge < -0.3 is 28.7 Å². The first-order chi connectivity index (χ1) is 18.0. The number of nitrogens with zero attached hydrogens (tertiary/aromatic N) is 2. The summed E-state index contributed by atoms with van der Waals surface area (Å²) < 4.78 is 23.7. The van der Waals surface area contributed by atoms with Crippen molar-refractivity contribution in [2.75, 3.05) is 47.1 Å². The van der Waals surface area contributed by atoms with Gasteiger partial charge in [-0.2, -0.15) is 0 Å². The molecule has 1 amide bonds. The Morgan fingerprint density at radius 2 is 1.84 bits per heavy atom. The third kappa shape index (κ3) is 6.32. The van der Waals surface area contributed by atoms with Crippen LogP contribution in [0.1, 0.15) is 52.0 Å². The van der Waals surface area contributed by atoms with Crippen LogP contribution in [0.25, 0.3) is 11.1 Å². The fourth-order valence-corrected chi connectivity index (χ4v) is 5.31. The van der Waals surface area contributed by atoms with E-state index in [1.807, 2.05) is 30.0 Å². The van der Waals surface area contributed by atoms with Crippen molar-refractivity contribution in [1.82, 2.24) is 9.80 Å². The van der Waals surface area contributed by atoms with E-state index in [-0.39, 0.29) is 5.91 Å². The molecule has 0 aromatic heterocycles. The molecule has 2 heterocycles. The summed E-state index contributed by atoms with van der Waals surface area (Å²) in [5.41, 5.74) is 2.95. The molecule has 0 aliphatic carbocycles. The molecule has 2 aliphatic heterocycles. The van der Waals surface area contributed by atoms with Crippen LogP contribution >= 0.6 is 0 Å². The summed E-state index contributed by atoms with van der Waals surface area (Å²) in [4.78, 5) is 17.0. The molecule has 7 heteroatoms. The zero-order valence-electron chi connectivity index (χ0n) is 23.0. The molecule has 1 unspecified atom stereocenters. The second-order valence-electron chi connectivity index (χ2n) is 10.1. The normalized spacial score (nSPS) is 18.8. The van der Waals surface area contributed by atoms with Crippen molar-refractivity contribution in [3.8, 4) is 34.1 Å². The average Bonchev–Trinajstić information content (AvgIpc) is 3.17. The predicted molar refractivity (Wildman–Crippen MR) is 146 cm³/mol. The molecule has 1 fully saturated rings. The van der Waals surface area contributed by atoms with Crippen LogP contribution in [0.3, 0.4) is 0 Å². The van der Waals surface area contributed by atoms with E-state index >= 15 is 0 Å². The molecular weight excluding hydrogens is 468 g/mol. The number of rotatable bonds is 9. The zero-order chi connectivity index (χ0) is 26.4. The minimum Gasteiger partial charge on any atom is -0.493 e. The topological polar surface area (TPSA) is 60.5 Å². The van der Waals surface area contributed by atoms with Crippen LogP contribution in [0.15, 0.2) is 30.3 Å². The molecule has 202 valence electrons. The molecule has 37 heavy (non-hydrogen) atoms. The van der Waals surface area contributed by atoms with Crippen molar-refractivity contribution < 1.29 is 23.7 Å². The van der Waals surface area contributed by atoms with Crippen molar-refractivity contribution in [2.45, 2.75) is 59.0 Å². The van der Waals surface area contributed by atoms with Gasteiger partial charge in [-0.05, 0) is 68.1 Å². The lowest BCUT2D eigenvalue weighted by atomic mass is 9.97. The molecule has 7 nitrogen and oxygen atoms in total. The van der Waals surface area contributed by atoms with Crippen LogP contribution in [0.2, 0.25) is 0 Å². The van der Waals surface area contributed by atoms with E-state index < -0.39 is 0 Å². The third-order valence-corrected chi connectivity index (χ3v) is 7.71. The van der Waals surface area contributed by atoms with E-state index in [1.165, 1.54) is 19.4 Å². The number of likely N-dealkylation sites (tertiary alicyclic amines) is 1. The number of fused-ring (bicyclic) bond motifs is 1. The lowest BCUT2D eigenvalue weighted by Gasteiger charge is -2.36. The molecule has 2 aromatic carbocycles. The summed E-state index contributed by atoms with van der Waals surface area (Å²) in [6.07, 6.45) is 4.01. The number of hydrogen-bond acceptors (Lipinski definition) is 6. The van der Waals surface area contributed by atoms with Gasteiger partial charge in [-0.15, -0.1) is 0 Å². The number of hydrogen-bond donors (Lipinski definition) is 0. The van der Waals surface area contributed by atoms with E-state index in [9.17, 15) is 4.79 Å². The van der Waals surface area contributed by atoms with Gasteiger partial charge in [0.05, 0.1) is 27.4 Å². The van der Waals surface area contributed by atoms with Gasteiger partial charge >= 0.3 is 0 Å². The third-order valence-electron chi connectivity index (χ3n) is 7.71. The molecule has 0 radical (unpaired) electrons. The highest BCUT2D eigenvalue weighted by molar-refractivity contribution is 5.77. The van der Waals surface area contributed by atoms with Gasteiger partial charge in [0, 0.05) is 37.0 Å². The molecular formula is C30H42N2O5. The van der Waals surface area contributed by atoms with E-state index in [1.54, 1.807) is 14.2 Å². The summed E-state index contributed by atoms with van der Waals surface area (Å²) in [7, 11) is 3.28. The first-order valence-corrected chi connectivity index (χ1v) is 13.6. The molecule has 2 aliphatic rings. The second-order valence-corrected chi connectivity index (χ2v) is 10.1. The minimum absolute atomic E-state index is 0.128. The molecule has 0 bridgehead atoms. The first kappa shape index (κ1) is 27.1. The number of benzene rings is 2. The van der Waals surface area contributed by atoms with Crippen LogP contribution in [0, 0.1) is 5.92 Å². The maximum Gasteiger partial charge on any atom is 0.222 e. The van der Waals surface area contributed by atoms with Crippen molar-refractivity contribution in [1.29, 1.82) is 0 Å². The Labute approximate surface area is 221 Å². The minimum atomic E-state index is 0.128. The predicted octanol–water partition coefficient (Wildman–Crippen LogP) is 5.39. The van der Waals surface area contributed by atoms with Crippen molar-refractivity contribution in [3.05, 3.63) is 35.9 Å². The van der Waals surface area contributed by atoms with Crippen LogP contribution in [-0.2, 0) is 11.3 Å². The SMILES string of the molecule is CCC(=O)N1CCOc2c(cc(-c3ccc(OC)c(OC)c3)cc2OC[C@H]2CCCN(C(C)CC)C2)C1. The lowest BCUT2D eigenvalue weighted by Crippen LogP contribution is -2.42. The quantitative estimate of drug-likeness (QED) is 0.451. The fraction of sp³-hybridized carbons (Fsp3) is 0.567. The maximum atomic E-state index is 12.6. The van der Waals surface area contributed by atoms with E-state index in [2.05, 4.69) is 30.9 Å². The Morgan fingerprint density at radius 3 is 2.57 bits per heavy atom. The van der Waals surface area contributed by atoms with Gasteiger partial charge in [-0.1, -0.05) is 19.9 Å². The smallest absolute Gasteiger partial charge is 0.222 e. The van der Waals surface area contributed by atoms with Crippen molar-refractivity contribution >= 4 is 5.91 Å². The monoisotopic (exact) mass is 510 g/mol. The average molecular weight is 511 g/mol. The van der Waals surface area contributed by atoms with Crippen LogP contribution in [-0.4, -0.2) is 68.8 Å². The number of methoxy groups -OCH3 is 2. The molecule has 0 saturated carbocycles. The molecule has 1 saturated heterocycles. The van der Waals surface area contributed by atoms with E-state index in [4.69, 9.17) is 18.9 Å². The highest BCUT2D eigenvalue weighted by atomic mass is 16.5. The maximum absolute atomic E-state index is 12.6. The van der Waals surface area contributed by atoms with Gasteiger partial charge in [0.2, 0.25) is 5.91 Å². The van der Waals surface area contributed by atoms with E-state index in [0.717, 1.165) is 41.2 Å². The Balaban J connectivity index is 1.65. The molecule has 4 rings (SSSR count). The highest BCUT2D eigenvalue weighted by Gasteiger charge is 2.26. The van der Waals surface area contributed by atoms with Gasteiger partial charge in [0.25, 0.3) is 0 Å². The zero-order valence-corrected chi connectivity index (χ0v) is 23.0. The summed E-state index contributed by atoms with van der Waals surface area (Å²) in [6.45, 7) is 10.9. The lowest BCUT2D eigenvalue weighted by molar-refractivity contribution is -0.131. The van der Waals surface area contributed by atoms with Gasteiger partial charge in [0.1, 0.15) is 6.61 Å². The number of ether oxygens (including phenoxy) is 4. The summed E-state index contributed by atoms with van der Waals surface area (Å²) in [5, 5.41) is 0. The molecule has 0 spiro atoms. The molecule has 2 aromatic rings. The van der Waals surface area contributed by atoms with Crippen LogP contribution in [0.5, 0.6) is 23.0 Å². The Bertz CT molecular complexity index is 1070. The van der Waals surface area contributed by atoms with E-state index in [0.29, 0.717) is 56.2 Å². The van der Waals surface area contributed by atoms with Gasteiger partial charge in [-0.25, -0.2) is 0 Å². The first-order valence-electron chi connectivity index (χ1n) is 13.6. The summed E-state index contributed by atoms with van der Waals surface area (Å²) in [5.74, 6) is 3.46. The summed E-state index contributed by atoms with van der Waals surface area (Å²) >= 11 is 0. The fourth-order valence-electron chi connectivity index (χ4n) is 5.31. The number of carbonyl (C=O) groups excluding carboxylic acids is 1. The van der Waals surface area contributed by atoms with Crippen molar-refractivity contribution in [2.24, 2.45) is 5.92 Å². The Morgan fingerprint density at radius 1 is 1.05 bits per heavy atom. The Hall–Kier alpha value is -2.93.